The second-order valence-electron chi connectivity index (χ2n) is 5.75. The van der Waals surface area contributed by atoms with Crippen molar-refractivity contribution < 1.29 is 19.1 Å². The van der Waals surface area contributed by atoms with Crippen molar-refractivity contribution in [3.8, 4) is 0 Å². The second-order valence-corrected chi connectivity index (χ2v) is 5.75. The number of esters is 1. The molecule has 6 nitrogen and oxygen atoms in total. The molecule has 0 aromatic carbocycles. The van der Waals surface area contributed by atoms with Gasteiger partial charge in [-0.1, -0.05) is 6.92 Å². The molecule has 0 unspecified atom stereocenters. The molecule has 0 fully saturated rings. The minimum atomic E-state index is -0.453. The predicted molar refractivity (Wildman–Crippen MR) is 92.4 cm³/mol. The average Bonchev–Trinajstić information content (AvgIpc) is 2.81. The smallest absolute Gasteiger partial charge is 0.354 e. The van der Waals surface area contributed by atoms with Crippen molar-refractivity contribution >= 4 is 17.7 Å². The summed E-state index contributed by atoms with van der Waals surface area (Å²) in [6.45, 7) is 10.4. The van der Waals surface area contributed by atoms with Crippen molar-refractivity contribution in [3.05, 3.63) is 22.5 Å². The van der Waals surface area contributed by atoms with E-state index in [0.29, 0.717) is 36.3 Å². The Labute approximate surface area is 143 Å². The maximum Gasteiger partial charge on any atom is 0.354 e. The van der Waals surface area contributed by atoms with Crippen LogP contribution in [0.1, 0.15) is 65.7 Å². The van der Waals surface area contributed by atoms with Gasteiger partial charge in [-0.3, -0.25) is 9.59 Å². The van der Waals surface area contributed by atoms with Gasteiger partial charge in [0.1, 0.15) is 5.69 Å². The van der Waals surface area contributed by atoms with E-state index in [1.807, 2.05) is 27.7 Å². The van der Waals surface area contributed by atoms with Crippen LogP contribution in [-0.2, 0) is 16.1 Å². The fourth-order valence-electron chi connectivity index (χ4n) is 3.06. The van der Waals surface area contributed by atoms with Crippen LogP contribution in [0, 0.1) is 13.8 Å². The van der Waals surface area contributed by atoms with Gasteiger partial charge in [0, 0.05) is 30.8 Å². The highest BCUT2D eigenvalue weighted by Crippen LogP contribution is 2.24. The number of nitrogens with zero attached hydrogens (tertiary/aromatic N) is 2. The standard InChI is InChI=1S/C18H28N2O4/c1-7-10-15(22)19(8-2)11-14(21)16-12(4)17(18(23)24-6)20(9-3)13(16)5/h7-11H2,1-6H3. The minimum absolute atomic E-state index is 0.0215. The van der Waals surface area contributed by atoms with E-state index in [2.05, 4.69) is 0 Å². The molecule has 0 aliphatic rings. The topological polar surface area (TPSA) is 68.6 Å². The van der Waals surface area contributed by atoms with Crippen molar-refractivity contribution in [2.24, 2.45) is 0 Å². The van der Waals surface area contributed by atoms with Gasteiger partial charge in [-0.2, -0.15) is 0 Å². The van der Waals surface area contributed by atoms with Gasteiger partial charge in [0.15, 0.2) is 5.78 Å². The molecule has 0 saturated carbocycles. The molecule has 0 N–H and O–H groups in total. The van der Waals surface area contributed by atoms with E-state index in [9.17, 15) is 14.4 Å². The van der Waals surface area contributed by atoms with Crippen LogP contribution in [0.2, 0.25) is 0 Å². The summed E-state index contributed by atoms with van der Waals surface area (Å²) in [4.78, 5) is 38.5. The molecule has 1 aromatic heterocycles. The van der Waals surface area contributed by atoms with Gasteiger partial charge in [0.25, 0.3) is 0 Å². The van der Waals surface area contributed by atoms with E-state index in [1.54, 1.807) is 16.4 Å². The van der Waals surface area contributed by atoms with Crippen LogP contribution in [0.25, 0.3) is 0 Å². The van der Waals surface area contributed by atoms with E-state index in [1.165, 1.54) is 7.11 Å². The molecule has 0 radical (unpaired) electrons. The number of ether oxygens (including phenoxy) is 1. The Morgan fingerprint density at radius 3 is 2.21 bits per heavy atom. The molecule has 1 rings (SSSR count). The molecule has 0 aliphatic heterocycles. The second kappa shape index (κ2) is 8.66. The lowest BCUT2D eigenvalue weighted by atomic mass is 10.0. The number of Topliss-reactive ketones (excluding diaryl/α,β-unsaturated/α-hetero) is 1. The highest BCUT2D eigenvalue weighted by Gasteiger charge is 2.27. The number of likely N-dealkylation sites (N-methyl/N-ethyl adjacent to an activating group) is 1. The number of ketones is 1. The third kappa shape index (κ3) is 3.86. The average molecular weight is 336 g/mol. The number of hydrogen-bond acceptors (Lipinski definition) is 4. The number of amides is 1. The number of carbonyl (C=O) groups is 3. The Balaban J connectivity index is 3.22. The molecule has 1 amide bonds. The van der Waals surface area contributed by atoms with Gasteiger partial charge < -0.3 is 14.2 Å². The first-order valence-corrected chi connectivity index (χ1v) is 8.42. The zero-order valence-corrected chi connectivity index (χ0v) is 15.6. The summed E-state index contributed by atoms with van der Waals surface area (Å²) in [7, 11) is 1.33. The lowest BCUT2D eigenvalue weighted by Gasteiger charge is -2.20. The number of aromatic nitrogens is 1. The van der Waals surface area contributed by atoms with Crippen molar-refractivity contribution in [3.63, 3.8) is 0 Å². The SMILES string of the molecule is CCCC(=O)N(CC)CC(=O)c1c(C)c(C(=O)OC)n(CC)c1C. The lowest BCUT2D eigenvalue weighted by molar-refractivity contribution is -0.130. The minimum Gasteiger partial charge on any atom is -0.464 e. The number of hydrogen-bond donors (Lipinski definition) is 0. The lowest BCUT2D eigenvalue weighted by Crippen LogP contribution is -2.35. The normalized spacial score (nSPS) is 10.6. The van der Waals surface area contributed by atoms with Crippen molar-refractivity contribution in [2.75, 3.05) is 20.2 Å². The molecule has 0 aliphatic carbocycles. The highest BCUT2D eigenvalue weighted by molar-refractivity contribution is 6.04. The molecule has 6 heteroatoms. The first-order valence-electron chi connectivity index (χ1n) is 8.42. The molecule has 1 heterocycles. The van der Waals surface area contributed by atoms with E-state index in [0.717, 1.165) is 12.1 Å². The predicted octanol–water partition coefficient (Wildman–Crippen LogP) is 2.74. The maximum atomic E-state index is 12.8. The van der Waals surface area contributed by atoms with Crippen LogP contribution in [0.5, 0.6) is 0 Å². The summed E-state index contributed by atoms with van der Waals surface area (Å²) < 4.78 is 6.63. The Kier molecular flexibility index (Phi) is 7.19. The van der Waals surface area contributed by atoms with E-state index in [-0.39, 0.29) is 18.2 Å². The summed E-state index contributed by atoms with van der Waals surface area (Å²) in [6.07, 6.45) is 1.18. The Morgan fingerprint density at radius 2 is 1.75 bits per heavy atom. The number of carbonyl (C=O) groups excluding carboxylic acids is 3. The molecule has 1 aromatic rings. The molecule has 24 heavy (non-hydrogen) atoms. The molecule has 134 valence electrons. The van der Waals surface area contributed by atoms with Gasteiger partial charge in [-0.15, -0.1) is 0 Å². The quantitative estimate of drug-likeness (QED) is 0.541. The molecule has 0 spiro atoms. The van der Waals surface area contributed by atoms with Gasteiger partial charge in [0.2, 0.25) is 5.91 Å². The van der Waals surface area contributed by atoms with Crippen LogP contribution >= 0.6 is 0 Å². The Morgan fingerprint density at radius 1 is 1.12 bits per heavy atom. The third-order valence-corrected chi connectivity index (χ3v) is 4.27. The van der Waals surface area contributed by atoms with Crippen LogP contribution in [0.3, 0.4) is 0 Å². The van der Waals surface area contributed by atoms with Crippen LogP contribution in [0.15, 0.2) is 0 Å². The third-order valence-electron chi connectivity index (χ3n) is 4.27. The van der Waals surface area contributed by atoms with Crippen LogP contribution < -0.4 is 0 Å². The molecule has 0 saturated heterocycles. The zero-order valence-electron chi connectivity index (χ0n) is 15.6. The summed E-state index contributed by atoms with van der Waals surface area (Å²) in [5.41, 5.74) is 2.27. The van der Waals surface area contributed by atoms with E-state index >= 15 is 0 Å². The number of methoxy groups -OCH3 is 1. The largest absolute Gasteiger partial charge is 0.464 e. The monoisotopic (exact) mass is 336 g/mol. The fraction of sp³-hybridized carbons (Fsp3) is 0.611. The fourth-order valence-corrected chi connectivity index (χ4v) is 3.06. The summed E-state index contributed by atoms with van der Waals surface area (Å²) in [5, 5.41) is 0. The van der Waals surface area contributed by atoms with Crippen molar-refractivity contribution in [2.45, 2.75) is 54.0 Å². The van der Waals surface area contributed by atoms with E-state index < -0.39 is 5.97 Å². The van der Waals surface area contributed by atoms with Gasteiger partial charge in [-0.25, -0.2) is 4.79 Å². The summed E-state index contributed by atoms with van der Waals surface area (Å²) in [5.74, 6) is -0.619. The first kappa shape index (κ1) is 19.9. The Hall–Kier alpha value is -2.11. The molecular formula is C18H28N2O4. The molecule has 0 bridgehead atoms. The van der Waals surface area contributed by atoms with Gasteiger partial charge >= 0.3 is 5.97 Å². The maximum absolute atomic E-state index is 12.8. The van der Waals surface area contributed by atoms with Crippen molar-refractivity contribution in [1.82, 2.24) is 9.47 Å². The zero-order chi connectivity index (χ0) is 18.4. The first-order chi connectivity index (χ1) is 11.3. The Bertz CT molecular complexity index is 631. The summed E-state index contributed by atoms with van der Waals surface area (Å²) >= 11 is 0. The van der Waals surface area contributed by atoms with Gasteiger partial charge in [-0.05, 0) is 39.7 Å². The highest BCUT2D eigenvalue weighted by atomic mass is 16.5. The van der Waals surface area contributed by atoms with Crippen LogP contribution in [-0.4, -0.2) is 47.3 Å². The molecule has 0 atom stereocenters. The number of rotatable bonds is 8. The van der Waals surface area contributed by atoms with Crippen LogP contribution in [0.4, 0.5) is 0 Å². The van der Waals surface area contributed by atoms with E-state index in [4.69, 9.17) is 4.74 Å². The summed E-state index contributed by atoms with van der Waals surface area (Å²) in [6, 6.07) is 0. The van der Waals surface area contributed by atoms with Gasteiger partial charge in [0.05, 0.1) is 13.7 Å². The van der Waals surface area contributed by atoms with Crippen molar-refractivity contribution in [1.29, 1.82) is 0 Å². The molecular weight excluding hydrogens is 308 g/mol.